The van der Waals surface area contributed by atoms with Crippen LogP contribution in [0.15, 0.2) is 0 Å². The maximum absolute atomic E-state index is 11.9. The van der Waals surface area contributed by atoms with Gasteiger partial charge in [0.1, 0.15) is 0 Å². The van der Waals surface area contributed by atoms with Crippen LogP contribution >= 0.6 is 0 Å². The minimum absolute atomic E-state index is 0.154. The van der Waals surface area contributed by atoms with Crippen LogP contribution in [0.2, 0.25) is 0 Å². The normalized spacial score (nSPS) is 17.5. The molecule has 0 aromatic rings. The molecule has 0 saturated carbocycles. The molecule has 116 valence electrons. The van der Waals surface area contributed by atoms with E-state index in [1.54, 1.807) is 11.9 Å². The molecular formula is C13H25N3O4. The third-order valence-corrected chi connectivity index (χ3v) is 3.75. The molecule has 0 unspecified atom stereocenters. The van der Waals surface area contributed by atoms with Crippen molar-refractivity contribution in [2.75, 3.05) is 46.9 Å². The summed E-state index contributed by atoms with van der Waals surface area (Å²) in [5.41, 5.74) is -0.889. The third-order valence-electron chi connectivity index (χ3n) is 3.75. The molecule has 0 spiro atoms. The summed E-state index contributed by atoms with van der Waals surface area (Å²) in [7, 11) is 3.57. The van der Waals surface area contributed by atoms with Crippen LogP contribution < -0.4 is 10.6 Å². The van der Waals surface area contributed by atoms with Gasteiger partial charge in [0.25, 0.3) is 0 Å². The first-order valence-electron chi connectivity index (χ1n) is 6.96. The van der Waals surface area contributed by atoms with Gasteiger partial charge in [-0.05, 0) is 32.9 Å². The van der Waals surface area contributed by atoms with Gasteiger partial charge < -0.3 is 25.4 Å². The Balaban J connectivity index is 2.42. The van der Waals surface area contributed by atoms with Gasteiger partial charge in [-0.3, -0.25) is 4.79 Å². The van der Waals surface area contributed by atoms with Gasteiger partial charge in [-0.2, -0.15) is 0 Å². The Bertz CT molecular complexity index is 330. The van der Waals surface area contributed by atoms with Crippen molar-refractivity contribution in [2.45, 2.75) is 19.3 Å². The largest absolute Gasteiger partial charge is 0.481 e. The smallest absolute Gasteiger partial charge is 0.317 e. The van der Waals surface area contributed by atoms with Crippen molar-refractivity contribution in [3.8, 4) is 0 Å². The van der Waals surface area contributed by atoms with Gasteiger partial charge in [0.2, 0.25) is 0 Å². The van der Waals surface area contributed by atoms with Crippen molar-refractivity contribution in [3.63, 3.8) is 0 Å². The van der Waals surface area contributed by atoms with E-state index >= 15 is 0 Å². The lowest BCUT2D eigenvalue weighted by Gasteiger charge is -2.33. The second kappa shape index (κ2) is 8.06. The van der Waals surface area contributed by atoms with E-state index < -0.39 is 11.4 Å². The van der Waals surface area contributed by atoms with Crippen molar-refractivity contribution in [1.82, 2.24) is 15.5 Å². The number of ether oxygens (including phenoxy) is 1. The van der Waals surface area contributed by atoms with E-state index in [0.29, 0.717) is 32.6 Å². The molecule has 1 fully saturated rings. The Kier molecular flexibility index (Phi) is 6.74. The van der Waals surface area contributed by atoms with Crippen molar-refractivity contribution < 1.29 is 19.4 Å². The number of carbonyl (C=O) groups excluding carboxylic acids is 1. The van der Waals surface area contributed by atoms with Crippen LogP contribution in [0.3, 0.4) is 0 Å². The summed E-state index contributed by atoms with van der Waals surface area (Å²) in [4.78, 5) is 24.9. The molecule has 1 aliphatic heterocycles. The van der Waals surface area contributed by atoms with Gasteiger partial charge in [-0.15, -0.1) is 0 Å². The quantitative estimate of drug-likeness (QED) is 0.579. The van der Waals surface area contributed by atoms with E-state index in [-0.39, 0.29) is 12.6 Å². The molecule has 0 aliphatic carbocycles. The molecule has 1 rings (SSSR count). The van der Waals surface area contributed by atoms with Gasteiger partial charge in [-0.25, -0.2) is 4.79 Å². The van der Waals surface area contributed by atoms with Crippen molar-refractivity contribution in [3.05, 3.63) is 0 Å². The number of carboxylic acid groups (broad SMARTS) is 1. The Hall–Kier alpha value is -1.34. The van der Waals surface area contributed by atoms with E-state index in [1.165, 1.54) is 0 Å². The zero-order valence-corrected chi connectivity index (χ0v) is 12.3. The predicted molar refractivity (Wildman–Crippen MR) is 74.7 cm³/mol. The van der Waals surface area contributed by atoms with Crippen LogP contribution in [0, 0.1) is 5.41 Å². The van der Waals surface area contributed by atoms with Gasteiger partial charge in [0, 0.05) is 33.4 Å². The fourth-order valence-corrected chi connectivity index (χ4v) is 2.20. The third kappa shape index (κ3) is 4.64. The van der Waals surface area contributed by atoms with E-state index in [2.05, 4.69) is 10.6 Å². The molecular weight excluding hydrogens is 262 g/mol. The fraction of sp³-hybridized carbons (Fsp3) is 0.846. The summed E-state index contributed by atoms with van der Waals surface area (Å²) in [6.07, 6.45) is 1.73. The van der Waals surface area contributed by atoms with Gasteiger partial charge in [0.15, 0.2) is 0 Å². The molecule has 0 bridgehead atoms. The fourth-order valence-electron chi connectivity index (χ4n) is 2.20. The number of carboxylic acids is 1. The maximum Gasteiger partial charge on any atom is 0.317 e. The van der Waals surface area contributed by atoms with Crippen LogP contribution in [0.25, 0.3) is 0 Å². The Morgan fingerprint density at radius 3 is 2.55 bits per heavy atom. The second-order valence-electron chi connectivity index (χ2n) is 5.24. The molecule has 1 heterocycles. The van der Waals surface area contributed by atoms with Crippen LogP contribution in [0.4, 0.5) is 4.79 Å². The molecule has 7 heteroatoms. The topological polar surface area (TPSA) is 90.9 Å². The minimum atomic E-state index is -0.889. The lowest BCUT2D eigenvalue weighted by atomic mass is 9.80. The molecule has 3 N–H and O–H groups in total. The van der Waals surface area contributed by atoms with Crippen LogP contribution in [0.5, 0.6) is 0 Å². The number of amides is 2. The van der Waals surface area contributed by atoms with Gasteiger partial charge >= 0.3 is 12.0 Å². The highest BCUT2D eigenvalue weighted by atomic mass is 16.5. The highest BCUT2D eigenvalue weighted by Crippen LogP contribution is 2.30. The Labute approximate surface area is 119 Å². The monoisotopic (exact) mass is 287 g/mol. The first-order valence-corrected chi connectivity index (χ1v) is 6.96. The molecule has 1 saturated heterocycles. The number of aliphatic carboxylic acids is 1. The highest BCUT2D eigenvalue weighted by Gasteiger charge is 2.40. The van der Waals surface area contributed by atoms with Crippen molar-refractivity contribution in [1.29, 1.82) is 0 Å². The molecule has 1 aliphatic rings. The zero-order chi connectivity index (χ0) is 15.0. The van der Waals surface area contributed by atoms with Crippen molar-refractivity contribution in [2.24, 2.45) is 5.41 Å². The number of urea groups is 1. The summed E-state index contributed by atoms with van der Waals surface area (Å²) in [6, 6.07) is -0.229. The lowest BCUT2D eigenvalue weighted by molar-refractivity contribution is -0.154. The van der Waals surface area contributed by atoms with Crippen molar-refractivity contribution >= 4 is 12.0 Å². The molecule has 0 atom stereocenters. The molecule has 20 heavy (non-hydrogen) atoms. The number of hydrogen-bond acceptors (Lipinski definition) is 4. The summed E-state index contributed by atoms with van der Waals surface area (Å²) in [6.45, 7) is 2.49. The van der Waals surface area contributed by atoms with E-state index in [9.17, 15) is 14.7 Å². The van der Waals surface area contributed by atoms with Gasteiger partial charge in [0.05, 0.1) is 5.41 Å². The predicted octanol–water partition coefficient (Wildman–Crippen LogP) is 0.119. The second-order valence-corrected chi connectivity index (χ2v) is 5.24. The van der Waals surface area contributed by atoms with E-state index in [0.717, 1.165) is 13.0 Å². The molecule has 0 aromatic heterocycles. The molecule has 0 aromatic carbocycles. The molecule has 2 amide bonds. The summed E-state index contributed by atoms with van der Waals surface area (Å²) in [5.74, 6) is -0.862. The van der Waals surface area contributed by atoms with Gasteiger partial charge in [-0.1, -0.05) is 0 Å². The Morgan fingerprint density at radius 1 is 1.35 bits per heavy atom. The number of nitrogens with one attached hydrogen (secondary N) is 2. The lowest BCUT2D eigenvalue weighted by Crippen LogP contribution is -2.49. The molecule has 0 radical (unpaired) electrons. The van der Waals surface area contributed by atoms with Crippen LogP contribution in [-0.2, 0) is 9.53 Å². The first-order chi connectivity index (χ1) is 9.52. The number of hydrogen-bond donors (Lipinski definition) is 3. The summed E-state index contributed by atoms with van der Waals surface area (Å²) in [5, 5.41) is 15.1. The van der Waals surface area contributed by atoms with Crippen LogP contribution in [-0.4, -0.2) is 69.0 Å². The zero-order valence-electron chi connectivity index (χ0n) is 12.3. The number of nitrogens with zero attached hydrogens (tertiary/aromatic N) is 1. The molecule has 7 nitrogen and oxygen atoms in total. The number of carbonyl (C=O) groups is 2. The van der Waals surface area contributed by atoms with E-state index in [1.807, 2.05) is 7.05 Å². The Morgan fingerprint density at radius 2 is 2.00 bits per heavy atom. The SMILES string of the molecule is CNCCCN(C)C(=O)NCC1(C(=O)O)CCOCC1. The first kappa shape index (κ1) is 16.7. The number of rotatable bonds is 7. The summed E-state index contributed by atoms with van der Waals surface area (Å²) >= 11 is 0. The minimum Gasteiger partial charge on any atom is -0.481 e. The van der Waals surface area contributed by atoms with E-state index in [4.69, 9.17) is 4.74 Å². The highest BCUT2D eigenvalue weighted by molar-refractivity contribution is 5.78. The van der Waals surface area contributed by atoms with Crippen LogP contribution in [0.1, 0.15) is 19.3 Å². The summed E-state index contributed by atoms with van der Waals surface area (Å²) < 4.78 is 5.20. The average Bonchev–Trinajstić information content (AvgIpc) is 2.45. The standard InChI is InChI=1S/C13H25N3O4/c1-14-6-3-7-16(2)12(19)15-10-13(11(17)18)4-8-20-9-5-13/h14H,3-10H2,1-2H3,(H,15,19)(H,17,18). The maximum atomic E-state index is 11.9. The average molecular weight is 287 g/mol.